The van der Waals surface area contributed by atoms with Gasteiger partial charge in [-0.3, -0.25) is 0 Å². The van der Waals surface area contributed by atoms with E-state index in [1.807, 2.05) is 26.8 Å². The number of alkyl halides is 3. The number of anilines is 1. The SMILES string of the molecule is C=C(C)c1c(C)cc(-c2ccc(F)cc2)nc1NC(=C/C)/C=C(\C)C(F)(F)F.CC.CCCCCC. The maximum Gasteiger partial charge on any atom is 0.412 e. The molecule has 0 amide bonds. The van der Waals surface area contributed by atoms with Crippen molar-refractivity contribution in [1.29, 1.82) is 0 Å². The van der Waals surface area contributed by atoms with Crippen LogP contribution in [0.2, 0.25) is 0 Å². The van der Waals surface area contributed by atoms with Crippen molar-refractivity contribution in [2.75, 3.05) is 5.32 Å². The van der Waals surface area contributed by atoms with Gasteiger partial charge in [-0.2, -0.15) is 13.2 Å². The summed E-state index contributed by atoms with van der Waals surface area (Å²) in [5.74, 6) is 0.0347. The Hall–Kier alpha value is -2.89. The molecule has 0 aliphatic rings. The number of unbranched alkanes of at least 4 members (excludes halogenated alkanes) is 3. The van der Waals surface area contributed by atoms with E-state index < -0.39 is 11.7 Å². The molecular weight excluding hydrogens is 464 g/mol. The highest BCUT2D eigenvalue weighted by Gasteiger charge is 2.30. The Morgan fingerprint density at radius 2 is 1.56 bits per heavy atom. The predicted octanol–water partition coefficient (Wildman–Crippen LogP) is 10.7. The molecule has 1 N–H and O–H groups in total. The van der Waals surface area contributed by atoms with E-state index in [4.69, 9.17) is 0 Å². The highest BCUT2D eigenvalue weighted by Crippen LogP contribution is 2.31. The zero-order valence-electron chi connectivity index (χ0n) is 23.0. The lowest BCUT2D eigenvalue weighted by molar-refractivity contribution is -0.0913. The minimum absolute atomic E-state index is 0.264. The van der Waals surface area contributed by atoms with E-state index in [0.717, 1.165) is 29.7 Å². The number of aryl methyl sites for hydroxylation is 1. The van der Waals surface area contributed by atoms with E-state index in [1.54, 1.807) is 32.1 Å². The Morgan fingerprint density at radius 3 is 1.97 bits per heavy atom. The molecule has 0 radical (unpaired) electrons. The molecule has 1 heterocycles. The molecule has 2 nitrogen and oxygen atoms in total. The molecule has 6 heteroatoms. The Labute approximate surface area is 215 Å². The molecule has 0 spiro atoms. The van der Waals surface area contributed by atoms with Gasteiger partial charge in [-0.25, -0.2) is 9.37 Å². The van der Waals surface area contributed by atoms with Crippen LogP contribution in [0.25, 0.3) is 16.8 Å². The summed E-state index contributed by atoms with van der Waals surface area (Å²) in [4.78, 5) is 4.57. The van der Waals surface area contributed by atoms with Crippen LogP contribution in [-0.2, 0) is 0 Å². The van der Waals surface area contributed by atoms with Crippen LogP contribution in [0.4, 0.5) is 23.4 Å². The number of halogens is 4. The Kier molecular flexibility index (Phi) is 15.4. The molecular formula is C30H42F4N2. The molecule has 0 atom stereocenters. The molecule has 2 rings (SSSR count). The lowest BCUT2D eigenvalue weighted by atomic mass is 10.0. The molecule has 0 bridgehead atoms. The van der Waals surface area contributed by atoms with E-state index in [1.165, 1.54) is 37.8 Å². The molecule has 200 valence electrons. The van der Waals surface area contributed by atoms with Crippen molar-refractivity contribution in [3.8, 4) is 11.3 Å². The summed E-state index contributed by atoms with van der Waals surface area (Å²) in [6.45, 7) is 18.7. The third-order valence-corrected chi connectivity index (χ3v) is 5.13. The topological polar surface area (TPSA) is 24.9 Å². The van der Waals surface area contributed by atoms with Crippen LogP contribution in [0, 0.1) is 12.7 Å². The van der Waals surface area contributed by atoms with Gasteiger partial charge in [-0.1, -0.05) is 66.0 Å². The van der Waals surface area contributed by atoms with Gasteiger partial charge < -0.3 is 5.32 Å². The molecule has 0 unspecified atom stereocenters. The average molecular weight is 507 g/mol. The molecule has 0 saturated carbocycles. The van der Waals surface area contributed by atoms with E-state index in [0.29, 0.717) is 17.1 Å². The number of hydrogen-bond donors (Lipinski definition) is 1. The van der Waals surface area contributed by atoms with Crippen molar-refractivity contribution in [3.63, 3.8) is 0 Å². The van der Waals surface area contributed by atoms with Crippen molar-refractivity contribution in [2.45, 2.75) is 87.2 Å². The highest BCUT2D eigenvalue weighted by atomic mass is 19.4. The van der Waals surface area contributed by atoms with Crippen LogP contribution in [0.3, 0.4) is 0 Å². The van der Waals surface area contributed by atoms with Gasteiger partial charge in [0.15, 0.2) is 0 Å². The lowest BCUT2D eigenvalue weighted by Crippen LogP contribution is -2.11. The van der Waals surface area contributed by atoms with Gasteiger partial charge >= 0.3 is 6.18 Å². The van der Waals surface area contributed by atoms with Gasteiger partial charge in [-0.05, 0) is 75.2 Å². The van der Waals surface area contributed by atoms with Crippen molar-refractivity contribution >= 4 is 11.4 Å². The summed E-state index contributed by atoms with van der Waals surface area (Å²) >= 11 is 0. The maximum atomic E-state index is 13.2. The summed E-state index contributed by atoms with van der Waals surface area (Å²) in [5.41, 5.74) is 3.13. The minimum Gasteiger partial charge on any atom is -0.340 e. The third kappa shape index (κ3) is 11.2. The first-order chi connectivity index (χ1) is 16.9. The molecule has 0 aliphatic carbocycles. The predicted molar refractivity (Wildman–Crippen MR) is 147 cm³/mol. The largest absolute Gasteiger partial charge is 0.412 e. The molecule has 0 saturated heterocycles. The number of hydrogen-bond acceptors (Lipinski definition) is 2. The van der Waals surface area contributed by atoms with Gasteiger partial charge in [0.05, 0.1) is 5.69 Å². The van der Waals surface area contributed by atoms with Gasteiger partial charge in [0.25, 0.3) is 0 Å². The fourth-order valence-electron chi connectivity index (χ4n) is 3.21. The van der Waals surface area contributed by atoms with Crippen LogP contribution < -0.4 is 5.32 Å². The second-order valence-electron chi connectivity index (χ2n) is 8.24. The summed E-state index contributed by atoms with van der Waals surface area (Å²) in [5, 5.41) is 2.98. The van der Waals surface area contributed by atoms with Gasteiger partial charge in [0, 0.05) is 22.4 Å². The zero-order chi connectivity index (χ0) is 27.9. The summed E-state index contributed by atoms with van der Waals surface area (Å²) in [6, 6.07) is 7.71. The van der Waals surface area contributed by atoms with Gasteiger partial charge in [-0.15, -0.1) is 0 Å². The molecule has 1 aromatic carbocycles. The first-order valence-electron chi connectivity index (χ1n) is 12.6. The molecule has 0 aliphatic heterocycles. The second-order valence-corrected chi connectivity index (χ2v) is 8.24. The molecule has 36 heavy (non-hydrogen) atoms. The summed E-state index contributed by atoms with van der Waals surface area (Å²) < 4.78 is 51.9. The van der Waals surface area contributed by atoms with Gasteiger partial charge in [0.2, 0.25) is 0 Å². The van der Waals surface area contributed by atoms with E-state index in [2.05, 4.69) is 30.7 Å². The van der Waals surface area contributed by atoms with Crippen LogP contribution in [-0.4, -0.2) is 11.2 Å². The van der Waals surface area contributed by atoms with Crippen molar-refractivity contribution in [1.82, 2.24) is 4.98 Å². The number of pyridine rings is 1. The first kappa shape index (κ1) is 33.1. The maximum absolute atomic E-state index is 13.2. The summed E-state index contributed by atoms with van der Waals surface area (Å²) in [6.07, 6.45) is 3.70. The Bertz CT molecular complexity index is 997. The van der Waals surface area contributed by atoms with Crippen LogP contribution in [0.5, 0.6) is 0 Å². The minimum atomic E-state index is -4.41. The monoisotopic (exact) mass is 506 g/mol. The van der Waals surface area contributed by atoms with E-state index in [-0.39, 0.29) is 11.5 Å². The fraction of sp³-hybridized carbons (Fsp3) is 0.433. The van der Waals surface area contributed by atoms with Crippen molar-refractivity contribution in [2.24, 2.45) is 0 Å². The number of rotatable bonds is 8. The van der Waals surface area contributed by atoms with E-state index in [9.17, 15) is 17.6 Å². The van der Waals surface area contributed by atoms with E-state index >= 15 is 0 Å². The smallest absolute Gasteiger partial charge is 0.340 e. The average Bonchev–Trinajstić information content (AvgIpc) is 2.83. The molecule has 1 aromatic heterocycles. The number of benzene rings is 1. The lowest BCUT2D eigenvalue weighted by Gasteiger charge is -2.17. The summed E-state index contributed by atoms with van der Waals surface area (Å²) in [7, 11) is 0. The molecule has 2 aromatic rings. The second kappa shape index (κ2) is 16.7. The Balaban J connectivity index is 0.00000134. The Morgan fingerprint density at radius 1 is 1.03 bits per heavy atom. The molecule has 0 fully saturated rings. The number of nitrogens with zero attached hydrogens (tertiary/aromatic N) is 1. The van der Waals surface area contributed by atoms with Crippen LogP contribution in [0.1, 0.15) is 85.3 Å². The van der Waals surface area contributed by atoms with Crippen molar-refractivity contribution in [3.05, 3.63) is 77.3 Å². The van der Waals surface area contributed by atoms with Crippen LogP contribution >= 0.6 is 0 Å². The fourth-order valence-corrected chi connectivity index (χ4v) is 3.21. The zero-order valence-corrected chi connectivity index (χ0v) is 23.0. The van der Waals surface area contributed by atoms with Crippen LogP contribution in [0.15, 0.2) is 60.3 Å². The normalized spacial score (nSPS) is 11.7. The third-order valence-electron chi connectivity index (χ3n) is 5.13. The number of aromatic nitrogens is 1. The highest BCUT2D eigenvalue weighted by molar-refractivity contribution is 5.78. The van der Waals surface area contributed by atoms with Gasteiger partial charge in [0.1, 0.15) is 11.6 Å². The standard InChI is InChI=1S/C22H22F4N2.C6H14.C2H6/c1-6-18(12-15(5)22(24,25)26)27-21-20(13(2)3)14(4)11-19(28-21)16-7-9-17(23)10-8-16;1-3-5-6-4-2;1-2/h6-12H,2H2,1,3-5H3,(H,27,28);3-6H2,1-2H3;1-2H3/b15-12+,18-6+;;. The first-order valence-corrected chi connectivity index (χ1v) is 12.6. The van der Waals surface area contributed by atoms with Crippen molar-refractivity contribution < 1.29 is 17.6 Å². The quantitative estimate of drug-likeness (QED) is 0.219. The number of nitrogens with one attached hydrogen (secondary N) is 1. The number of allylic oxidation sites excluding steroid dienone is 4.